The molecule has 0 aliphatic carbocycles. The zero-order valence-electron chi connectivity index (χ0n) is 14.8. The molecule has 0 atom stereocenters. The maximum Gasteiger partial charge on any atom is 0.145 e. The topological polar surface area (TPSA) is 34.1 Å². The third kappa shape index (κ3) is 16.8. The van der Waals surface area contributed by atoms with Crippen LogP contribution in [-0.4, -0.2) is 12.6 Å². The second-order valence-corrected chi connectivity index (χ2v) is 6.17. The molecule has 21 heavy (non-hydrogen) atoms. The Hall–Kier alpha value is -1.18. The van der Waals surface area contributed by atoms with Crippen molar-refractivity contribution < 1.29 is 9.59 Å². The summed E-state index contributed by atoms with van der Waals surface area (Å²) in [5, 5.41) is 0. The standard InChI is InChI=1S/C10H18O.C9H16O/c1-8(2)5-6-10(7-11)9(3)4;1-3-4-5-6-7-9(2)8-10/h6-9H,5H2,1-4H3;7-8H,3-6H2,1-2H3. The van der Waals surface area contributed by atoms with Gasteiger partial charge >= 0.3 is 0 Å². The van der Waals surface area contributed by atoms with Gasteiger partial charge in [-0.1, -0.05) is 59.6 Å². The van der Waals surface area contributed by atoms with Crippen molar-refractivity contribution in [1.29, 1.82) is 0 Å². The molecule has 0 aromatic heterocycles. The Morgan fingerprint density at radius 2 is 1.57 bits per heavy atom. The number of carbonyl (C=O) groups excluding carboxylic acids is 2. The molecule has 0 unspecified atom stereocenters. The average Bonchev–Trinajstić information content (AvgIpc) is 2.44. The summed E-state index contributed by atoms with van der Waals surface area (Å²) in [6.45, 7) is 12.4. The SMILES string of the molecule is CC(C)CC=C(C=O)C(C)C.CCCCCC=C(C)C=O. The van der Waals surface area contributed by atoms with Crippen LogP contribution in [-0.2, 0) is 9.59 Å². The van der Waals surface area contributed by atoms with E-state index >= 15 is 0 Å². The summed E-state index contributed by atoms with van der Waals surface area (Å²) in [4.78, 5) is 20.6. The van der Waals surface area contributed by atoms with Gasteiger partial charge in [-0.2, -0.15) is 0 Å². The molecule has 2 heteroatoms. The molecule has 122 valence electrons. The van der Waals surface area contributed by atoms with Crippen molar-refractivity contribution in [3.8, 4) is 0 Å². The number of hydrogen-bond donors (Lipinski definition) is 0. The van der Waals surface area contributed by atoms with Crippen molar-refractivity contribution in [2.45, 2.75) is 73.6 Å². The third-order valence-electron chi connectivity index (χ3n) is 3.09. The predicted molar refractivity (Wildman–Crippen MR) is 92.4 cm³/mol. The van der Waals surface area contributed by atoms with E-state index in [-0.39, 0.29) is 0 Å². The normalized spacial score (nSPS) is 12.2. The molecule has 0 N–H and O–H groups in total. The van der Waals surface area contributed by atoms with E-state index in [1.165, 1.54) is 19.3 Å². The fourth-order valence-corrected chi connectivity index (χ4v) is 1.56. The molecule has 2 nitrogen and oxygen atoms in total. The highest BCUT2D eigenvalue weighted by Crippen LogP contribution is 2.10. The molecule has 0 rings (SSSR count). The zero-order valence-corrected chi connectivity index (χ0v) is 14.8. The highest BCUT2D eigenvalue weighted by Gasteiger charge is 2.00. The highest BCUT2D eigenvalue weighted by atomic mass is 16.1. The summed E-state index contributed by atoms with van der Waals surface area (Å²) in [6, 6.07) is 0. The number of rotatable bonds is 9. The minimum Gasteiger partial charge on any atom is -0.298 e. The summed E-state index contributed by atoms with van der Waals surface area (Å²) < 4.78 is 0. The van der Waals surface area contributed by atoms with Crippen LogP contribution in [0.4, 0.5) is 0 Å². The van der Waals surface area contributed by atoms with Crippen molar-refractivity contribution in [3.63, 3.8) is 0 Å². The van der Waals surface area contributed by atoms with Gasteiger partial charge in [0.15, 0.2) is 0 Å². The van der Waals surface area contributed by atoms with Crippen molar-refractivity contribution in [1.82, 2.24) is 0 Å². The Morgan fingerprint density at radius 1 is 0.952 bits per heavy atom. The Kier molecular flexibility index (Phi) is 16.0. The van der Waals surface area contributed by atoms with E-state index in [1.54, 1.807) is 0 Å². The molecular weight excluding hydrogens is 260 g/mol. The first kappa shape index (κ1) is 22.1. The van der Waals surface area contributed by atoms with Crippen LogP contribution in [0.1, 0.15) is 73.6 Å². The molecule has 0 saturated carbocycles. The lowest BCUT2D eigenvalue weighted by Crippen LogP contribution is -1.96. The van der Waals surface area contributed by atoms with Gasteiger partial charge in [-0.15, -0.1) is 0 Å². The van der Waals surface area contributed by atoms with E-state index in [2.05, 4.69) is 20.8 Å². The molecule has 0 bridgehead atoms. The van der Waals surface area contributed by atoms with Crippen LogP contribution in [0.2, 0.25) is 0 Å². The van der Waals surface area contributed by atoms with E-state index < -0.39 is 0 Å². The first-order chi connectivity index (χ1) is 9.88. The maximum atomic E-state index is 10.5. The second kappa shape index (κ2) is 15.2. The fourth-order valence-electron chi connectivity index (χ4n) is 1.56. The number of hydrogen-bond acceptors (Lipinski definition) is 2. The molecule has 0 aromatic carbocycles. The molecule has 0 radical (unpaired) electrons. The van der Waals surface area contributed by atoms with Crippen molar-refractivity contribution >= 4 is 12.6 Å². The van der Waals surface area contributed by atoms with Gasteiger partial charge in [0.2, 0.25) is 0 Å². The van der Waals surface area contributed by atoms with E-state index in [0.29, 0.717) is 11.8 Å². The summed E-state index contributed by atoms with van der Waals surface area (Å²) >= 11 is 0. The van der Waals surface area contributed by atoms with Gasteiger partial charge in [-0.25, -0.2) is 0 Å². The van der Waals surface area contributed by atoms with Crippen molar-refractivity contribution in [2.24, 2.45) is 11.8 Å². The number of aldehydes is 2. The lowest BCUT2D eigenvalue weighted by atomic mass is 10.0. The first-order valence-corrected chi connectivity index (χ1v) is 8.16. The van der Waals surface area contributed by atoms with Crippen LogP contribution >= 0.6 is 0 Å². The zero-order chi connectivity index (χ0) is 16.7. The van der Waals surface area contributed by atoms with Gasteiger partial charge in [-0.05, 0) is 49.2 Å². The molecule has 0 saturated heterocycles. The Labute approximate surface area is 131 Å². The molecule has 0 aliphatic rings. The second-order valence-electron chi connectivity index (χ2n) is 6.17. The monoisotopic (exact) mass is 294 g/mol. The largest absolute Gasteiger partial charge is 0.298 e. The van der Waals surface area contributed by atoms with E-state index in [1.807, 2.05) is 32.9 Å². The molecule has 0 spiro atoms. The van der Waals surface area contributed by atoms with Crippen molar-refractivity contribution in [3.05, 3.63) is 23.3 Å². The number of carbonyl (C=O) groups is 2. The number of allylic oxidation sites excluding steroid dienone is 4. The molecule has 0 aliphatic heterocycles. The molecule has 0 aromatic rings. The lowest BCUT2D eigenvalue weighted by Gasteiger charge is -2.04. The van der Waals surface area contributed by atoms with Crippen molar-refractivity contribution in [2.75, 3.05) is 0 Å². The minimum absolute atomic E-state index is 0.367. The van der Waals surface area contributed by atoms with Gasteiger partial charge in [0.1, 0.15) is 12.6 Å². The molecule has 0 fully saturated rings. The van der Waals surface area contributed by atoms with Gasteiger partial charge < -0.3 is 0 Å². The summed E-state index contributed by atoms with van der Waals surface area (Å²) in [6.07, 6.45) is 11.7. The van der Waals surface area contributed by atoms with Crippen LogP contribution in [0.25, 0.3) is 0 Å². The van der Waals surface area contributed by atoms with Gasteiger partial charge in [-0.3, -0.25) is 9.59 Å². The summed E-state index contributed by atoms with van der Waals surface area (Å²) in [7, 11) is 0. The Balaban J connectivity index is 0. The van der Waals surface area contributed by atoms with Crippen LogP contribution in [0, 0.1) is 11.8 Å². The van der Waals surface area contributed by atoms with Gasteiger partial charge in [0.05, 0.1) is 0 Å². The van der Waals surface area contributed by atoms with Crippen LogP contribution in [0.15, 0.2) is 23.3 Å². The third-order valence-corrected chi connectivity index (χ3v) is 3.09. The molecule has 0 heterocycles. The van der Waals surface area contributed by atoms with E-state index in [0.717, 1.165) is 36.6 Å². The van der Waals surface area contributed by atoms with Gasteiger partial charge in [0, 0.05) is 0 Å². The van der Waals surface area contributed by atoms with Crippen LogP contribution in [0.5, 0.6) is 0 Å². The minimum atomic E-state index is 0.367. The predicted octanol–water partition coefficient (Wildman–Crippen LogP) is 5.53. The number of unbranched alkanes of at least 4 members (excludes halogenated alkanes) is 3. The summed E-state index contributed by atoms with van der Waals surface area (Å²) in [5.41, 5.74) is 1.79. The maximum absolute atomic E-state index is 10.5. The molecular formula is C19H34O2. The van der Waals surface area contributed by atoms with E-state index in [9.17, 15) is 9.59 Å². The smallest absolute Gasteiger partial charge is 0.145 e. The summed E-state index contributed by atoms with van der Waals surface area (Å²) in [5.74, 6) is 1.01. The average molecular weight is 294 g/mol. The Morgan fingerprint density at radius 3 is 1.95 bits per heavy atom. The Bertz CT molecular complexity index is 322. The quantitative estimate of drug-likeness (QED) is 0.318. The highest BCUT2D eigenvalue weighted by molar-refractivity contribution is 5.73. The van der Waals surface area contributed by atoms with Gasteiger partial charge in [0.25, 0.3) is 0 Å². The fraction of sp³-hybridized carbons (Fsp3) is 0.684. The first-order valence-electron chi connectivity index (χ1n) is 8.16. The van der Waals surface area contributed by atoms with Crippen LogP contribution in [0.3, 0.4) is 0 Å². The lowest BCUT2D eigenvalue weighted by molar-refractivity contribution is -0.105. The molecule has 0 amide bonds. The van der Waals surface area contributed by atoms with Crippen LogP contribution < -0.4 is 0 Å². The van der Waals surface area contributed by atoms with E-state index in [4.69, 9.17) is 0 Å².